The number of nitrogens with one attached hydrogen (secondary N) is 1. The van der Waals surface area contributed by atoms with Gasteiger partial charge in [0.2, 0.25) is 0 Å². The molecule has 4 nitrogen and oxygen atoms in total. The van der Waals surface area contributed by atoms with Gasteiger partial charge in [-0.2, -0.15) is 5.10 Å². The maximum absolute atomic E-state index is 5.22. The number of methoxy groups -OCH3 is 1. The molecule has 0 atom stereocenters. The molecule has 1 aliphatic rings. The van der Waals surface area contributed by atoms with Crippen molar-refractivity contribution >= 4 is 28.3 Å². The van der Waals surface area contributed by atoms with Crippen molar-refractivity contribution in [3.63, 3.8) is 0 Å². The topological polar surface area (TPSA) is 46.0 Å². The highest BCUT2D eigenvalue weighted by Crippen LogP contribution is 2.23. The summed E-state index contributed by atoms with van der Waals surface area (Å²) in [5.74, 6) is 1.60. The smallest absolute Gasteiger partial charge is 0.182 e. The molecule has 0 aliphatic carbocycles. The van der Waals surface area contributed by atoms with Crippen molar-refractivity contribution < 1.29 is 4.74 Å². The van der Waals surface area contributed by atoms with Crippen LogP contribution in [0.15, 0.2) is 52.6 Å². The number of hydrazone groups is 1. The van der Waals surface area contributed by atoms with E-state index in [9.17, 15) is 0 Å². The Hall–Kier alpha value is -2.27. The molecule has 0 bridgehead atoms. The zero-order chi connectivity index (χ0) is 16.2. The Labute approximate surface area is 140 Å². The first-order chi connectivity index (χ1) is 11.2. The summed E-state index contributed by atoms with van der Waals surface area (Å²) in [5, 5.41) is 5.30. The summed E-state index contributed by atoms with van der Waals surface area (Å²) in [5.41, 5.74) is 8.65. The predicted molar refractivity (Wildman–Crippen MR) is 98.1 cm³/mol. The number of hydrogen-bond donors (Lipinski definition) is 1. The van der Waals surface area contributed by atoms with E-state index in [1.807, 2.05) is 24.3 Å². The molecular formula is C18H19N3OS. The van der Waals surface area contributed by atoms with Gasteiger partial charge < -0.3 is 4.74 Å². The average Bonchev–Trinajstić information content (AvgIpc) is 2.58. The van der Waals surface area contributed by atoms with E-state index >= 15 is 0 Å². The fourth-order valence-corrected chi connectivity index (χ4v) is 3.13. The van der Waals surface area contributed by atoms with Gasteiger partial charge in [0.05, 0.1) is 18.5 Å². The number of rotatable bonds is 3. The standard InChI is InChI=1S/C18H19N3OS/c1-12-7-8-13(2)16(9-12)17-11-23-18(21-20-17)19-14-5-4-6-15(10-14)22-3/h4-10H,11H2,1-3H3,(H,19,21). The molecule has 0 saturated heterocycles. The minimum atomic E-state index is 0.798. The van der Waals surface area contributed by atoms with E-state index in [1.165, 1.54) is 16.7 Å². The maximum atomic E-state index is 5.22. The molecule has 1 aliphatic heterocycles. The third kappa shape index (κ3) is 3.74. The molecule has 0 amide bonds. The van der Waals surface area contributed by atoms with Gasteiger partial charge in [0.25, 0.3) is 0 Å². The van der Waals surface area contributed by atoms with Gasteiger partial charge in [-0.05, 0) is 37.6 Å². The largest absolute Gasteiger partial charge is 0.497 e. The van der Waals surface area contributed by atoms with Crippen LogP contribution in [0.3, 0.4) is 0 Å². The van der Waals surface area contributed by atoms with Crippen molar-refractivity contribution in [1.82, 2.24) is 5.43 Å². The first kappa shape index (κ1) is 15.6. The second-order valence-electron chi connectivity index (χ2n) is 5.40. The van der Waals surface area contributed by atoms with Gasteiger partial charge in [-0.15, -0.1) is 0 Å². The predicted octanol–water partition coefficient (Wildman–Crippen LogP) is 4.04. The highest BCUT2D eigenvalue weighted by molar-refractivity contribution is 8.14. The number of aliphatic imine (C=N–C) groups is 1. The van der Waals surface area contributed by atoms with Crippen LogP contribution in [0.2, 0.25) is 0 Å². The summed E-state index contributed by atoms with van der Waals surface area (Å²) in [6, 6.07) is 14.1. The van der Waals surface area contributed by atoms with E-state index in [0.717, 1.165) is 28.1 Å². The molecule has 118 valence electrons. The molecule has 0 unspecified atom stereocenters. The van der Waals surface area contributed by atoms with Gasteiger partial charge in [0, 0.05) is 17.4 Å². The lowest BCUT2D eigenvalue weighted by atomic mass is 10.0. The number of benzene rings is 2. The van der Waals surface area contributed by atoms with E-state index < -0.39 is 0 Å². The summed E-state index contributed by atoms with van der Waals surface area (Å²) < 4.78 is 5.22. The molecule has 2 aromatic rings. The molecule has 1 heterocycles. The Bertz CT molecular complexity index is 784. The highest BCUT2D eigenvalue weighted by Gasteiger charge is 2.15. The van der Waals surface area contributed by atoms with Crippen LogP contribution in [0, 0.1) is 13.8 Å². The number of aryl methyl sites for hydroxylation is 2. The van der Waals surface area contributed by atoms with Gasteiger partial charge in [-0.25, -0.2) is 4.99 Å². The lowest BCUT2D eigenvalue weighted by Gasteiger charge is -2.16. The Balaban J connectivity index is 1.80. The summed E-state index contributed by atoms with van der Waals surface area (Å²) in [4.78, 5) is 4.58. The van der Waals surface area contributed by atoms with Crippen LogP contribution in [0.4, 0.5) is 5.69 Å². The molecule has 1 N–H and O–H groups in total. The zero-order valence-corrected chi connectivity index (χ0v) is 14.3. The number of thioether (sulfide) groups is 1. The monoisotopic (exact) mass is 325 g/mol. The minimum absolute atomic E-state index is 0.798. The lowest BCUT2D eigenvalue weighted by molar-refractivity contribution is 0.415. The third-order valence-electron chi connectivity index (χ3n) is 3.62. The van der Waals surface area contributed by atoms with E-state index in [1.54, 1.807) is 18.9 Å². The Morgan fingerprint density at radius 1 is 1.17 bits per heavy atom. The van der Waals surface area contributed by atoms with Crippen LogP contribution < -0.4 is 10.2 Å². The quantitative estimate of drug-likeness (QED) is 0.926. The van der Waals surface area contributed by atoms with Crippen LogP contribution in [-0.4, -0.2) is 23.7 Å². The van der Waals surface area contributed by atoms with Crippen molar-refractivity contribution in [3.05, 3.63) is 59.2 Å². The highest BCUT2D eigenvalue weighted by atomic mass is 32.2. The molecule has 0 spiro atoms. The number of ether oxygens (including phenoxy) is 1. The third-order valence-corrected chi connectivity index (χ3v) is 4.49. The molecule has 5 heteroatoms. The second-order valence-corrected chi connectivity index (χ2v) is 6.36. The van der Waals surface area contributed by atoms with E-state index in [-0.39, 0.29) is 0 Å². The van der Waals surface area contributed by atoms with Crippen molar-refractivity contribution in [2.75, 3.05) is 12.9 Å². The summed E-state index contributed by atoms with van der Waals surface area (Å²) in [6.07, 6.45) is 0. The summed E-state index contributed by atoms with van der Waals surface area (Å²) in [6.45, 7) is 4.21. The van der Waals surface area contributed by atoms with Gasteiger partial charge in [-0.1, -0.05) is 35.5 Å². The maximum Gasteiger partial charge on any atom is 0.182 e. The van der Waals surface area contributed by atoms with Crippen LogP contribution in [-0.2, 0) is 0 Å². The Morgan fingerprint density at radius 2 is 2.04 bits per heavy atom. The van der Waals surface area contributed by atoms with Crippen LogP contribution >= 0.6 is 11.8 Å². The van der Waals surface area contributed by atoms with Gasteiger partial charge in [0.15, 0.2) is 5.17 Å². The number of nitrogens with zero attached hydrogens (tertiary/aromatic N) is 2. The average molecular weight is 325 g/mol. The molecular weight excluding hydrogens is 306 g/mol. The fraction of sp³-hybridized carbons (Fsp3) is 0.222. The number of amidine groups is 1. The molecule has 23 heavy (non-hydrogen) atoms. The molecule has 0 saturated carbocycles. The van der Waals surface area contributed by atoms with Gasteiger partial charge >= 0.3 is 0 Å². The van der Waals surface area contributed by atoms with Gasteiger partial charge in [0.1, 0.15) is 5.75 Å². The van der Waals surface area contributed by atoms with Crippen molar-refractivity contribution in [2.45, 2.75) is 13.8 Å². The summed E-state index contributed by atoms with van der Waals surface area (Å²) in [7, 11) is 1.65. The van der Waals surface area contributed by atoms with E-state index in [0.29, 0.717) is 0 Å². The second kappa shape index (κ2) is 6.87. The van der Waals surface area contributed by atoms with Crippen LogP contribution in [0.5, 0.6) is 5.75 Å². The van der Waals surface area contributed by atoms with Crippen LogP contribution in [0.25, 0.3) is 0 Å². The normalized spacial score (nSPS) is 16.0. The van der Waals surface area contributed by atoms with Gasteiger partial charge in [-0.3, -0.25) is 5.43 Å². The summed E-state index contributed by atoms with van der Waals surface area (Å²) >= 11 is 1.66. The van der Waals surface area contributed by atoms with Crippen molar-refractivity contribution in [2.24, 2.45) is 10.1 Å². The molecule has 3 rings (SSSR count). The van der Waals surface area contributed by atoms with E-state index in [4.69, 9.17) is 4.74 Å². The van der Waals surface area contributed by atoms with Crippen molar-refractivity contribution in [3.8, 4) is 5.75 Å². The van der Waals surface area contributed by atoms with Crippen molar-refractivity contribution in [1.29, 1.82) is 0 Å². The molecule has 0 fully saturated rings. The molecule has 2 aromatic carbocycles. The molecule has 0 aromatic heterocycles. The zero-order valence-electron chi connectivity index (χ0n) is 13.5. The fourth-order valence-electron chi connectivity index (χ4n) is 2.36. The lowest BCUT2D eigenvalue weighted by Crippen LogP contribution is -2.25. The first-order valence-corrected chi connectivity index (χ1v) is 8.40. The number of hydrogen-bond acceptors (Lipinski definition) is 4. The Kier molecular flexibility index (Phi) is 4.67. The van der Waals surface area contributed by atoms with Crippen LogP contribution in [0.1, 0.15) is 16.7 Å². The minimum Gasteiger partial charge on any atom is -0.497 e. The Morgan fingerprint density at radius 3 is 2.78 bits per heavy atom. The van der Waals surface area contributed by atoms with E-state index in [2.05, 4.69) is 47.6 Å². The SMILES string of the molecule is COc1cccc(N=C2NN=C(c3cc(C)ccc3C)CS2)c1. The molecule has 0 radical (unpaired) electrons. The first-order valence-electron chi connectivity index (χ1n) is 7.41.